The number of hydrogen-bond acceptors (Lipinski definition) is 4. The number of anilines is 1. The van der Waals surface area contributed by atoms with Crippen molar-refractivity contribution >= 4 is 23.2 Å². The predicted octanol–water partition coefficient (Wildman–Crippen LogP) is 4.80. The second-order valence-corrected chi connectivity index (χ2v) is 9.55. The molecule has 1 aliphatic heterocycles. The third-order valence-corrected chi connectivity index (χ3v) is 7.05. The van der Waals surface area contributed by atoms with Crippen LogP contribution in [-0.4, -0.2) is 49.6 Å². The van der Waals surface area contributed by atoms with Gasteiger partial charge in [-0.05, 0) is 80.1 Å². The second kappa shape index (κ2) is 10.2. The number of likely N-dealkylation sites (N-methyl/N-ethyl adjacent to an activating group) is 1. The van der Waals surface area contributed by atoms with E-state index in [1.807, 2.05) is 31.3 Å². The molecule has 2 aliphatic rings. The first-order chi connectivity index (χ1) is 15.5. The van der Waals surface area contributed by atoms with Crippen LogP contribution in [0.5, 0.6) is 5.75 Å². The van der Waals surface area contributed by atoms with Crippen molar-refractivity contribution in [2.45, 2.75) is 51.2 Å². The lowest BCUT2D eigenvalue weighted by Gasteiger charge is -2.39. The summed E-state index contributed by atoms with van der Waals surface area (Å²) in [5, 5.41) is 4.06. The van der Waals surface area contributed by atoms with Gasteiger partial charge >= 0.3 is 0 Å². The van der Waals surface area contributed by atoms with Gasteiger partial charge in [0.2, 0.25) is 0 Å². The summed E-state index contributed by atoms with van der Waals surface area (Å²) < 4.78 is 6.39. The summed E-state index contributed by atoms with van der Waals surface area (Å²) >= 11 is 6.03. The molecule has 0 unspecified atom stereocenters. The molecular formula is C26H34ClN3O2. The van der Waals surface area contributed by atoms with Crippen LogP contribution in [0.4, 0.5) is 5.69 Å². The predicted molar refractivity (Wildman–Crippen MR) is 131 cm³/mol. The summed E-state index contributed by atoms with van der Waals surface area (Å²) in [5.41, 5.74) is 2.63. The lowest BCUT2D eigenvalue weighted by atomic mass is 9.83. The van der Waals surface area contributed by atoms with E-state index in [1.165, 1.54) is 11.1 Å². The number of hydrogen-bond donors (Lipinski definition) is 1. The molecule has 1 heterocycles. The van der Waals surface area contributed by atoms with E-state index in [1.54, 1.807) is 4.90 Å². The van der Waals surface area contributed by atoms with Gasteiger partial charge < -0.3 is 15.0 Å². The van der Waals surface area contributed by atoms with E-state index in [4.69, 9.17) is 16.3 Å². The molecule has 2 aromatic rings. The Morgan fingerprint density at radius 2 is 1.78 bits per heavy atom. The summed E-state index contributed by atoms with van der Waals surface area (Å²) in [4.78, 5) is 18.0. The van der Waals surface area contributed by atoms with E-state index in [-0.39, 0.29) is 5.91 Å². The number of piperazine rings is 1. The van der Waals surface area contributed by atoms with Crippen LogP contribution in [-0.2, 0) is 11.3 Å². The maximum atomic E-state index is 13.8. The van der Waals surface area contributed by atoms with Gasteiger partial charge in [0, 0.05) is 50.5 Å². The van der Waals surface area contributed by atoms with Gasteiger partial charge in [0.1, 0.15) is 5.75 Å². The second-order valence-electron chi connectivity index (χ2n) is 9.11. The lowest BCUT2D eigenvalue weighted by molar-refractivity contribution is -0.136. The van der Waals surface area contributed by atoms with Gasteiger partial charge in [-0.1, -0.05) is 24.1 Å². The summed E-state index contributed by atoms with van der Waals surface area (Å²) in [6, 6.07) is 13.7. The van der Waals surface area contributed by atoms with Crippen LogP contribution < -0.4 is 15.0 Å². The number of benzene rings is 2. The first-order valence-corrected chi connectivity index (χ1v) is 12.1. The minimum absolute atomic E-state index is 0.0291. The Morgan fingerprint density at radius 1 is 1.09 bits per heavy atom. The van der Waals surface area contributed by atoms with E-state index in [9.17, 15) is 4.79 Å². The Labute approximate surface area is 196 Å². The van der Waals surface area contributed by atoms with E-state index in [0.29, 0.717) is 10.8 Å². The van der Waals surface area contributed by atoms with Gasteiger partial charge in [0.25, 0.3) is 5.91 Å². The summed E-state index contributed by atoms with van der Waals surface area (Å²) in [7, 11) is 1.87. The molecule has 172 valence electrons. The molecule has 0 radical (unpaired) electrons. The molecule has 1 N–H and O–H groups in total. The van der Waals surface area contributed by atoms with Gasteiger partial charge in [0.05, 0.1) is 0 Å². The Hall–Kier alpha value is -2.08. The van der Waals surface area contributed by atoms with Crippen molar-refractivity contribution in [3.8, 4) is 5.75 Å². The van der Waals surface area contributed by atoms with E-state index in [2.05, 4.69) is 35.3 Å². The highest BCUT2D eigenvalue weighted by molar-refractivity contribution is 6.30. The van der Waals surface area contributed by atoms with Gasteiger partial charge in [-0.25, -0.2) is 0 Å². The van der Waals surface area contributed by atoms with Gasteiger partial charge in [0.15, 0.2) is 5.60 Å². The molecular weight excluding hydrogens is 422 g/mol. The smallest absolute Gasteiger partial charge is 0.270 e. The number of ether oxygens (including phenoxy) is 1. The molecule has 0 atom stereocenters. The normalized spacial score (nSPS) is 18.8. The molecule has 0 bridgehead atoms. The number of carbonyl (C=O) groups excluding carboxylic acids is 1. The van der Waals surface area contributed by atoms with Crippen LogP contribution in [0.3, 0.4) is 0 Å². The van der Waals surface area contributed by atoms with Gasteiger partial charge in [-0.15, -0.1) is 0 Å². The monoisotopic (exact) mass is 455 g/mol. The number of nitrogens with zero attached hydrogens (tertiary/aromatic N) is 2. The van der Waals surface area contributed by atoms with Crippen molar-refractivity contribution < 1.29 is 9.53 Å². The Balaban J connectivity index is 1.51. The number of carbonyl (C=O) groups is 1. The largest absolute Gasteiger partial charge is 0.477 e. The average Bonchev–Trinajstić information content (AvgIpc) is 2.82. The molecule has 1 saturated heterocycles. The standard InChI is InChI=1S/C26H34ClN3O2/c1-20-18-23(9-6-21(20)19-30-16-14-28-15-17-30)29(2)25(31)26(12-4-3-5-13-26)32-24-10-7-22(27)8-11-24/h6-11,18,28H,3-5,12-17,19H2,1-2H3. The molecule has 6 heteroatoms. The molecule has 5 nitrogen and oxygen atoms in total. The molecule has 1 aliphatic carbocycles. The van der Waals surface area contributed by atoms with Gasteiger partial charge in [-0.2, -0.15) is 0 Å². The lowest BCUT2D eigenvalue weighted by Crippen LogP contribution is -2.53. The Kier molecular flexibility index (Phi) is 7.39. The van der Waals surface area contributed by atoms with E-state index in [0.717, 1.165) is 70.5 Å². The minimum Gasteiger partial charge on any atom is -0.477 e. The quantitative estimate of drug-likeness (QED) is 0.679. The maximum Gasteiger partial charge on any atom is 0.270 e. The summed E-state index contributed by atoms with van der Waals surface area (Å²) in [5.74, 6) is 0.724. The molecule has 0 aromatic heterocycles. The molecule has 1 saturated carbocycles. The maximum absolute atomic E-state index is 13.8. The SMILES string of the molecule is Cc1cc(N(C)C(=O)C2(Oc3ccc(Cl)cc3)CCCCC2)ccc1CN1CCNCC1. The van der Waals surface area contributed by atoms with Crippen LogP contribution in [0.2, 0.25) is 5.02 Å². The third-order valence-electron chi connectivity index (χ3n) is 6.80. The minimum atomic E-state index is -0.825. The van der Waals surface area contributed by atoms with Crippen LogP contribution >= 0.6 is 11.6 Å². The fourth-order valence-corrected chi connectivity index (χ4v) is 4.94. The summed E-state index contributed by atoms with van der Waals surface area (Å²) in [6.45, 7) is 7.33. The average molecular weight is 456 g/mol. The van der Waals surface area contributed by atoms with E-state index >= 15 is 0 Å². The summed E-state index contributed by atoms with van der Waals surface area (Å²) in [6.07, 6.45) is 4.60. The van der Waals surface area contributed by atoms with Crippen LogP contribution in [0.25, 0.3) is 0 Å². The van der Waals surface area contributed by atoms with Crippen molar-refractivity contribution in [2.75, 3.05) is 38.1 Å². The van der Waals surface area contributed by atoms with Crippen LogP contribution in [0.15, 0.2) is 42.5 Å². The van der Waals surface area contributed by atoms with Crippen molar-refractivity contribution in [1.82, 2.24) is 10.2 Å². The zero-order valence-corrected chi connectivity index (χ0v) is 20.0. The van der Waals surface area contributed by atoms with Crippen molar-refractivity contribution in [2.24, 2.45) is 0 Å². The van der Waals surface area contributed by atoms with Gasteiger partial charge in [-0.3, -0.25) is 9.69 Å². The Bertz CT molecular complexity index is 919. The van der Waals surface area contributed by atoms with Crippen LogP contribution in [0.1, 0.15) is 43.2 Å². The molecule has 1 amide bonds. The third kappa shape index (κ3) is 5.28. The molecule has 4 rings (SSSR count). The van der Waals surface area contributed by atoms with Crippen molar-refractivity contribution in [1.29, 1.82) is 0 Å². The molecule has 32 heavy (non-hydrogen) atoms. The number of halogens is 1. The van der Waals surface area contributed by atoms with Crippen LogP contribution in [0, 0.1) is 6.92 Å². The fraction of sp³-hybridized carbons (Fsp3) is 0.500. The Morgan fingerprint density at radius 3 is 2.44 bits per heavy atom. The van der Waals surface area contributed by atoms with Crippen molar-refractivity contribution in [3.05, 3.63) is 58.6 Å². The number of nitrogens with one attached hydrogen (secondary N) is 1. The number of aryl methyl sites for hydroxylation is 1. The zero-order valence-electron chi connectivity index (χ0n) is 19.2. The fourth-order valence-electron chi connectivity index (χ4n) is 4.81. The number of amides is 1. The molecule has 2 aromatic carbocycles. The molecule has 2 fully saturated rings. The highest BCUT2D eigenvalue weighted by atomic mass is 35.5. The zero-order chi connectivity index (χ0) is 22.6. The first-order valence-electron chi connectivity index (χ1n) is 11.7. The van der Waals surface area contributed by atoms with E-state index < -0.39 is 5.60 Å². The molecule has 0 spiro atoms. The highest BCUT2D eigenvalue weighted by Gasteiger charge is 2.44. The highest BCUT2D eigenvalue weighted by Crippen LogP contribution is 2.36. The van der Waals surface area contributed by atoms with Crippen molar-refractivity contribution in [3.63, 3.8) is 0 Å². The number of rotatable bonds is 6. The topological polar surface area (TPSA) is 44.8 Å². The first kappa shape index (κ1) is 23.1.